The van der Waals surface area contributed by atoms with Gasteiger partial charge in [-0.05, 0) is 109 Å². The van der Waals surface area contributed by atoms with Crippen LogP contribution >= 0.6 is 0 Å². The van der Waals surface area contributed by atoms with E-state index in [0.717, 1.165) is 25.7 Å². The first kappa shape index (κ1) is 75.9. The van der Waals surface area contributed by atoms with Crippen LogP contribution in [0.4, 0.5) is 0 Å². The van der Waals surface area contributed by atoms with E-state index < -0.39 is 157 Å². The second-order valence-electron chi connectivity index (χ2n) is 22.2. The van der Waals surface area contributed by atoms with Crippen molar-refractivity contribution in [2.75, 3.05) is 39.3 Å². The van der Waals surface area contributed by atoms with Gasteiger partial charge in [0, 0.05) is 19.4 Å². The van der Waals surface area contributed by atoms with Crippen molar-refractivity contribution < 1.29 is 67.7 Å². The Morgan fingerprint density at radius 1 is 0.563 bits per heavy atom. The van der Waals surface area contributed by atoms with E-state index in [2.05, 4.69) is 65.4 Å². The Bertz CT molecular complexity index is 2400. The average molecular weight is 1230 g/mol. The first-order valence-corrected chi connectivity index (χ1v) is 30.1. The number of Topliss-reactive ketones (excluding diaryl/α,β-unsaturated/α-hetero) is 1. The molecule has 30 nitrogen and oxygen atoms in total. The van der Waals surface area contributed by atoms with Gasteiger partial charge in [0.2, 0.25) is 65.0 Å². The Kier molecular flexibility index (Phi) is 35.8. The molecule has 0 unspecified atom stereocenters. The van der Waals surface area contributed by atoms with Gasteiger partial charge in [-0.2, -0.15) is 0 Å². The number of amides is 11. The summed E-state index contributed by atoms with van der Waals surface area (Å²) in [4.78, 5) is 166. The molecular formula is C57H98N16O14. The molecule has 1 heterocycles. The third-order valence-corrected chi connectivity index (χ3v) is 14.1. The first-order chi connectivity index (χ1) is 41.3. The van der Waals surface area contributed by atoms with E-state index in [9.17, 15) is 67.7 Å². The van der Waals surface area contributed by atoms with Crippen LogP contribution in [-0.4, -0.2) is 193 Å². The van der Waals surface area contributed by atoms with Crippen LogP contribution in [-0.2, 0) is 64.0 Å². The largest absolute Gasteiger partial charge is 0.391 e. The number of rotatable bonds is 31. The van der Waals surface area contributed by atoms with Crippen molar-refractivity contribution in [3.8, 4) is 0 Å². The van der Waals surface area contributed by atoms with E-state index in [4.69, 9.17) is 28.7 Å². The summed E-state index contributed by atoms with van der Waals surface area (Å²) in [5.74, 6) is -10.9. The molecule has 1 aromatic carbocycles. The Balaban J connectivity index is 2.66. The van der Waals surface area contributed by atoms with Crippen LogP contribution in [0.3, 0.4) is 0 Å². The predicted octanol–water partition coefficient (Wildman–Crippen LogP) is -5.53. The highest BCUT2D eigenvalue weighted by Gasteiger charge is 2.38. The van der Waals surface area contributed by atoms with E-state index in [-0.39, 0.29) is 95.8 Å². The maximum atomic E-state index is 14.5. The number of carbonyl (C=O) groups excluding carboxylic acids is 12. The van der Waals surface area contributed by atoms with Crippen molar-refractivity contribution in [2.24, 2.45) is 34.6 Å². The number of hydrogen-bond donors (Lipinski definition) is 18. The molecule has 1 aliphatic rings. The lowest BCUT2D eigenvalue weighted by atomic mass is 10.00. The minimum atomic E-state index is -1.77. The molecule has 0 aliphatic carbocycles. The summed E-state index contributed by atoms with van der Waals surface area (Å²) in [6.45, 7) is 6.64. The number of benzene rings is 1. The Labute approximate surface area is 508 Å². The highest BCUT2D eigenvalue weighted by Crippen LogP contribution is 2.12. The molecule has 0 spiro atoms. The van der Waals surface area contributed by atoms with Crippen molar-refractivity contribution in [2.45, 2.75) is 204 Å². The molecule has 87 heavy (non-hydrogen) atoms. The van der Waals surface area contributed by atoms with Crippen molar-refractivity contribution in [3.05, 3.63) is 35.9 Å². The van der Waals surface area contributed by atoms with Crippen LogP contribution in [0.1, 0.15) is 130 Å². The SMILES string of the molecule is CCCCCCCC(=O)CC(=O)N[C@@H](CCN)C(=O)N[C@H](C(=O)N[C@@H](CCN)C(=O)N[C@H]1CCNC(=O)[C@H]([C@@H](C)O)NC(=O)[C@H](CCN)NC(=O)[C@H](CCN)NC(=O)[C@H](CC(C)C)NC(=O)[C@@H](Cc2ccccc2)NC(=O)[C@H](CCN)NC1=O)[C@@H](C)O. The zero-order valence-electron chi connectivity index (χ0n) is 50.9. The highest BCUT2D eigenvalue weighted by molar-refractivity contribution is 6.01. The van der Waals surface area contributed by atoms with Gasteiger partial charge in [0.1, 0.15) is 66.2 Å². The Morgan fingerprint density at radius 2 is 1.06 bits per heavy atom. The monoisotopic (exact) mass is 1230 g/mol. The summed E-state index contributed by atoms with van der Waals surface area (Å²) < 4.78 is 0. The molecule has 0 bridgehead atoms. The van der Waals surface area contributed by atoms with E-state index in [1.807, 2.05) is 0 Å². The Morgan fingerprint density at radius 3 is 1.57 bits per heavy atom. The molecule has 12 atom stereocenters. The summed E-state index contributed by atoms with van der Waals surface area (Å²) in [5.41, 5.74) is 29.9. The van der Waals surface area contributed by atoms with Gasteiger partial charge in [-0.1, -0.05) is 76.8 Å². The molecule has 0 saturated carbocycles. The van der Waals surface area contributed by atoms with Crippen LogP contribution in [0.5, 0.6) is 0 Å². The number of hydrogen-bond acceptors (Lipinski definition) is 19. The minimum Gasteiger partial charge on any atom is -0.391 e. The molecule has 1 aliphatic heterocycles. The number of aliphatic hydroxyl groups is 2. The quantitative estimate of drug-likeness (QED) is 0.0244. The van der Waals surface area contributed by atoms with Gasteiger partial charge < -0.3 is 97.4 Å². The number of ketones is 1. The fourth-order valence-electron chi connectivity index (χ4n) is 9.31. The highest BCUT2D eigenvalue weighted by atomic mass is 16.3. The first-order valence-electron chi connectivity index (χ1n) is 30.1. The third-order valence-electron chi connectivity index (χ3n) is 14.1. The van der Waals surface area contributed by atoms with Crippen LogP contribution in [0.2, 0.25) is 0 Å². The van der Waals surface area contributed by atoms with Crippen molar-refractivity contribution in [1.29, 1.82) is 0 Å². The van der Waals surface area contributed by atoms with Crippen LogP contribution in [0.25, 0.3) is 0 Å². The topological polar surface area (TPSA) is 508 Å². The van der Waals surface area contributed by atoms with Crippen LogP contribution in [0.15, 0.2) is 30.3 Å². The number of unbranched alkanes of at least 4 members (excludes halogenated alkanes) is 4. The zero-order chi connectivity index (χ0) is 65.2. The molecule has 490 valence electrons. The summed E-state index contributed by atoms with van der Waals surface area (Å²) in [7, 11) is 0. The fraction of sp³-hybridized carbons (Fsp3) is 0.684. The van der Waals surface area contributed by atoms with E-state index in [1.165, 1.54) is 13.8 Å². The van der Waals surface area contributed by atoms with Crippen LogP contribution < -0.4 is 87.2 Å². The Hall–Kier alpha value is -7.22. The summed E-state index contributed by atoms with van der Waals surface area (Å²) in [5, 5.41) is 49.3. The van der Waals surface area contributed by atoms with Gasteiger partial charge >= 0.3 is 0 Å². The van der Waals surface area contributed by atoms with Gasteiger partial charge in [0.15, 0.2) is 0 Å². The standard InChI is InChI=1S/C57H98N16O14/c1-6-7-8-9-13-16-36(76)31-45(77)64-37(17-23-58)52(82)73-47(34(5)75)57(87)69-40(20-26-61)49(79)68-42-22-28-63-56(86)46(33(4)74)72-53(83)41(21-27-62)66-48(78)38(18-24-59)67-54(84)43(29-32(2)3)70-55(85)44(30-35-14-11-10-12-15-35)71-50(80)39(19-25-60)65-51(42)81/h10-12,14-15,32-34,37-44,46-47,74-75H,6-9,13,16-31,58-62H2,1-5H3,(H,63,86)(H,64,77)(H,65,81)(H,66,78)(H,67,84)(H,68,79)(H,69,87)(H,70,85)(H,71,80)(H,72,83)(H,73,82)/t33-,34-,37+,38+,39+,40+,41+,42+,43+,44-,46+,47+/m1/s1. The van der Waals surface area contributed by atoms with Gasteiger partial charge in [-0.3, -0.25) is 57.5 Å². The van der Waals surface area contributed by atoms with Gasteiger partial charge in [-0.25, -0.2) is 0 Å². The lowest BCUT2D eigenvalue weighted by Crippen LogP contribution is -2.62. The van der Waals surface area contributed by atoms with E-state index >= 15 is 0 Å². The molecule has 11 amide bonds. The maximum Gasteiger partial charge on any atom is 0.245 e. The molecule has 30 heteroatoms. The number of aliphatic hydroxyl groups excluding tert-OH is 2. The smallest absolute Gasteiger partial charge is 0.245 e. The van der Waals surface area contributed by atoms with Gasteiger partial charge in [-0.15, -0.1) is 0 Å². The predicted molar refractivity (Wildman–Crippen MR) is 321 cm³/mol. The zero-order valence-corrected chi connectivity index (χ0v) is 50.9. The lowest BCUT2D eigenvalue weighted by Gasteiger charge is -2.29. The van der Waals surface area contributed by atoms with E-state index in [1.54, 1.807) is 44.2 Å². The van der Waals surface area contributed by atoms with E-state index in [0.29, 0.717) is 12.0 Å². The fourth-order valence-corrected chi connectivity index (χ4v) is 9.31. The van der Waals surface area contributed by atoms with Gasteiger partial charge in [0.25, 0.3) is 0 Å². The minimum absolute atomic E-state index is 0.0366. The third kappa shape index (κ3) is 28.0. The molecule has 1 fully saturated rings. The van der Waals surface area contributed by atoms with Crippen LogP contribution in [0, 0.1) is 5.92 Å². The van der Waals surface area contributed by atoms with Crippen molar-refractivity contribution in [3.63, 3.8) is 0 Å². The molecule has 23 N–H and O–H groups in total. The molecule has 1 saturated heterocycles. The second-order valence-corrected chi connectivity index (χ2v) is 22.2. The summed E-state index contributed by atoms with van der Waals surface area (Å²) >= 11 is 0. The average Bonchev–Trinajstić information content (AvgIpc) is 3.58. The molecule has 2 rings (SSSR count). The summed E-state index contributed by atoms with van der Waals surface area (Å²) in [6, 6.07) is -6.64. The second kappa shape index (κ2) is 41.0. The maximum absolute atomic E-state index is 14.5. The number of carbonyl (C=O) groups is 12. The lowest BCUT2D eigenvalue weighted by molar-refractivity contribution is -0.137. The molecule has 0 aromatic heterocycles. The molecule has 1 aromatic rings. The number of nitrogens with two attached hydrogens (primary N) is 5. The van der Waals surface area contributed by atoms with Crippen molar-refractivity contribution in [1.82, 2.24) is 58.5 Å². The van der Waals surface area contributed by atoms with Gasteiger partial charge in [0.05, 0.1) is 18.6 Å². The normalized spacial score (nSPS) is 22.2. The summed E-state index contributed by atoms with van der Waals surface area (Å²) in [6.07, 6.45) is -0.719. The molecular weight excluding hydrogens is 1130 g/mol. The number of nitrogens with one attached hydrogen (secondary N) is 11. The van der Waals surface area contributed by atoms with Crippen molar-refractivity contribution >= 4 is 70.8 Å². The molecule has 0 radical (unpaired) electrons.